The monoisotopic (exact) mass is 659 g/mol. The molecule has 4 heterocycles. The zero-order chi connectivity index (χ0) is 33.3. The van der Waals surface area contributed by atoms with Crippen molar-refractivity contribution in [3.63, 3.8) is 0 Å². The Kier molecular flexibility index (Phi) is 8.88. The average molecular weight is 660 g/mol. The summed E-state index contributed by atoms with van der Waals surface area (Å²) in [4.78, 5) is 25.2. The molecule has 3 fully saturated rings. The van der Waals surface area contributed by atoms with E-state index in [9.17, 15) is 13.6 Å². The number of rotatable bonds is 10. The van der Waals surface area contributed by atoms with Crippen LogP contribution in [0.2, 0.25) is 0 Å². The Morgan fingerprint density at radius 3 is 2.17 bits per heavy atom. The maximum atomic E-state index is 14.9. The van der Waals surface area contributed by atoms with E-state index in [1.165, 1.54) is 29.5 Å². The van der Waals surface area contributed by atoms with Crippen LogP contribution in [0.15, 0.2) is 79.4 Å². The molecule has 11 nitrogen and oxygen atoms in total. The van der Waals surface area contributed by atoms with Crippen LogP contribution in [0.3, 0.4) is 0 Å². The summed E-state index contributed by atoms with van der Waals surface area (Å²) >= 11 is 0. The lowest BCUT2D eigenvalue weighted by molar-refractivity contribution is -0.117. The van der Waals surface area contributed by atoms with Gasteiger partial charge in [0.05, 0.1) is 13.2 Å². The predicted octanol–water partition coefficient (Wildman–Crippen LogP) is 4.88. The van der Waals surface area contributed by atoms with Crippen LogP contribution in [0, 0.1) is 11.6 Å². The maximum Gasteiger partial charge on any atom is 0.324 e. The van der Waals surface area contributed by atoms with Crippen LogP contribution in [0.5, 0.6) is 5.75 Å². The molecule has 0 saturated carbocycles. The minimum Gasteiger partial charge on any atom is -0.488 e. The molecule has 0 bridgehead atoms. The molecule has 0 radical (unpaired) electrons. The molecule has 48 heavy (non-hydrogen) atoms. The summed E-state index contributed by atoms with van der Waals surface area (Å²) < 4.78 is 48.2. The van der Waals surface area contributed by atoms with Crippen molar-refractivity contribution in [1.82, 2.24) is 19.7 Å². The van der Waals surface area contributed by atoms with Gasteiger partial charge in [0, 0.05) is 74.0 Å². The molecule has 252 valence electrons. The van der Waals surface area contributed by atoms with Gasteiger partial charge in [-0.25, -0.2) is 23.2 Å². The van der Waals surface area contributed by atoms with Gasteiger partial charge in [-0.15, -0.1) is 0 Å². The number of halogens is 2. The normalized spacial score (nSPS) is 21.5. The Morgan fingerprint density at radius 1 is 0.896 bits per heavy atom. The van der Waals surface area contributed by atoms with E-state index in [1.807, 2.05) is 60.0 Å². The second-order valence-corrected chi connectivity index (χ2v) is 12.6. The number of hydrogen-bond acceptors (Lipinski definition) is 8. The van der Waals surface area contributed by atoms with Crippen molar-refractivity contribution in [2.45, 2.75) is 38.3 Å². The third-order valence-corrected chi connectivity index (χ3v) is 9.22. The first-order valence-electron chi connectivity index (χ1n) is 16.3. The van der Waals surface area contributed by atoms with E-state index in [-0.39, 0.29) is 37.4 Å². The minimum absolute atomic E-state index is 0.0354. The van der Waals surface area contributed by atoms with Gasteiger partial charge < -0.3 is 28.9 Å². The number of nitrogens with zero attached hydrogens (tertiary/aromatic N) is 7. The highest BCUT2D eigenvalue weighted by Gasteiger charge is 2.45. The molecule has 0 N–H and O–H groups in total. The fraction of sp³-hybridized carbons (Fsp3) is 0.400. The van der Waals surface area contributed by atoms with Crippen LogP contribution in [0.25, 0.3) is 0 Å². The topological polar surface area (TPSA) is 88.4 Å². The zero-order valence-electron chi connectivity index (χ0n) is 27.0. The lowest BCUT2D eigenvalue weighted by Crippen LogP contribution is -2.46. The van der Waals surface area contributed by atoms with Gasteiger partial charge in [-0.1, -0.05) is 6.07 Å². The summed E-state index contributed by atoms with van der Waals surface area (Å²) in [6.07, 6.45) is 2.12. The lowest BCUT2D eigenvalue weighted by Gasteiger charge is -2.37. The van der Waals surface area contributed by atoms with Crippen LogP contribution in [0.1, 0.15) is 19.4 Å². The van der Waals surface area contributed by atoms with Gasteiger partial charge in [0.2, 0.25) is 0 Å². The van der Waals surface area contributed by atoms with Gasteiger partial charge >= 0.3 is 6.03 Å². The Bertz CT molecular complexity index is 1700. The summed E-state index contributed by atoms with van der Waals surface area (Å²) in [5.74, 6) is -0.736. The lowest BCUT2D eigenvalue weighted by atomic mass is 9.94. The Hall–Kier alpha value is -4.75. The van der Waals surface area contributed by atoms with Crippen molar-refractivity contribution >= 4 is 23.1 Å². The first-order chi connectivity index (χ1) is 23.3. The number of ether oxygens (including phenoxy) is 3. The number of carbonyl (C=O) groups excluding carboxylic acids is 1. The summed E-state index contributed by atoms with van der Waals surface area (Å²) in [5, 5.41) is 4.13. The van der Waals surface area contributed by atoms with Crippen LogP contribution in [-0.2, 0) is 21.6 Å². The SMILES string of the molecule is CC(C)N1CCN(c2ccc(N3CCN(c4ccc(OC[C@H]5OC[C@](Cn6cncn6)(c6ccc(F)cc6F)O5)cc4)CC3)cc2)C1=O. The highest BCUT2D eigenvalue weighted by molar-refractivity contribution is 5.94. The van der Waals surface area contributed by atoms with Crippen LogP contribution in [-0.4, -0.2) is 90.5 Å². The Labute approximate surface area is 278 Å². The summed E-state index contributed by atoms with van der Waals surface area (Å²) in [6, 6.07) is 19.9. The largest absolute Gasteiger partial charge is 0.488 e. The predicted molar refractivity (Wildman–Crippen MR) is 176 cm³/mol. The van der Waals surface area contributed by atoms with Gasteiger partial charge in [0.1, 0.15) is 42.2 Å². The molecular weight excluding hydrogens is 620 g/mol. The molecule has 2 amide bonds. The third-order valence-electron chi connectivity index (χ3n) is 9.22. The fourth-order valence-electron chi connectivity index (χ4n) is 6.63. The van der Waals surface area contributed by atoms with Gasteiger partial charge in [-0.3, -0.25) is 4.90 Å². The van der Waals surface area contributed by atoms with E-state index in [4.69, 9.17) is 14.2 Å². The number of benzene rings is 3. The van der Waals surface area contributed by atoms with E-state index >= 15 is 0 Å². The molecule has 7 rings (SSSR count). The highest BCUT2D eigenvalue weighted by Crippen LogP contribution is 2.37. The smallest absolute Gasteiger partial charge is 0.324 e. The van der Waals surface area contributed by atoms with Crippen LogP contribution < -0.4 is 19.4 Å². The molecule has 1 aromatic heterocycles. The molecule has 3 saturated heterocycles. The molecule has 13 heteroatoms. The molecule has 0 spiro atoms. The maximum absolute atomic E-state index is 14.9. The first-order valence-corrected chi connectivity index (χ1v) is 16.3. The van der Waals surface area contributed by atoms with E-state index < -0.39 is 23.5 Å². The van der Waals surface area contributed by atoms with Crippen molar-refractivity contribution in [2.24, 2.45) is 0 Å². The molecular formula is C35H39F2N7O4. The van der Waals surface area contributed by atoms with Crippen LogP contribution in [0.4, 0.5) is 30.6 Å². The average Bonchev–Trinajstić information content (AvgIpc) is 3.85. The quantitative estimate of drug-likeness (QED) is 0.238. The standard InChI is InChI=1S/C35H39F2N7O4/c1-25(2)43-17-18-44(34(43)45)29-6-4-27(5-7-29)40-13-15-41(16-14-40)28-8-10-30(11-9-28)46-20-33-47-22-35(48-33,21-42-24-38-23-39-42)31-12-3-26(36)19-32(31)37/h3-12,19,23-25,33H,13-18,20-22H2,1-2H3/t33-,35+/m0/s1. The van der Waals surface area contributed by atoms with Crippen molar-refractivity contribution in [2.75, 3.05) is 67.2 Å². The van der Waals surface area contributed by atoms with E-state index in [1.54, 1.807) is 0 Å². The Balaban J connectivity index is 0.914. The number of piperazine rings is 1. The summed E-state index contributed by atoms with van der Waals surface area (Å²) in [7, 11) is 0. The van der Waals surface area contributed by atoms with E-state index in [2.05, 4.69) is 32.0 Å². The number of aromatic nitrogens is 3. The first kappa shape index (κ1) is 31.8. The second-order valence-electron chi connectivity index (χ2n) is 12.6. The summed E-state index contributed by atoms with van der Waals surface area (Å²) in [6.45, 7) is 9.31. The number of carbonyl (C=O) groups is 1. The molecule has 3 aliphatic heterocycles. The van der Waals surface area contributed by atoms with Gasteiger partial charge in [0.15, 0.2) is 6.29 Å². The molecule has 4 aromatic rings. The third kappa shape index (κ3) is 6.52. The molecule has 0 aliphatic carbocycles. The number of amides is 2. The fourth-order valence-corrected chi connectivity index (χ4v) is 6.63. The number of anilines is 3. The van der Waals surface area contributed by atoms with Crippen molar-refractivity contribution in [3.05, 3.63) is 96.6 Å². The van der Waals surface area contributed by atoms with Crippen LogP contribution >= 0.6 is 0 Å². The zero-order valence-corrected chi connectivity index (χ0v) is 27.0. The molecule has 3 aliphatic rings. The van der Waals surface area contributed by atoms with Gasteiger partial charge in [-0.2, -0.15) is 5.10 Å². The van der Waals surface area contributed by atoms with Gasteiger partial charge in [0.25, 0.3) is 0 Å². The number of urea groups is 1. The van der Waals surface area contributed by atoms with Crippen molar-refractivity contribution in [3.8, 4) is 5.75 Å². The molecule has 2 atom stereocenters. The van der Waals surface area contributed by atoms with E-state index in [0.717, 1.165) is 55.9 Å². The minimum atomic E-state index is -1.23. The van der Waals surface area contributed by atoms with Crippen molar-refractivity contribution < 1.29 is 27.8 Å². The molecule has 0 unspecified atom stereocenters. The second kappa shape index (κ2) is 13.4. The highest BCUT2D eigenvalue weighted by atomic mass is 19.1. The Morgan fingerprint density at radius 2 is 1.56 bits per heavy atom. The number of hydrogen-bond donors (Lipinski definition) is 0. The van der Waals surface area contributed by atoms with Gasteiger partial charge in [-0.05, 0) is 68.4 Å². The molecule has 3 aromatic carbocycles. The van der Waals surface area contributed by atoms with E-state index in [0.29, 0.717) is 12.3 Å². The summed E-state index contributed by atoms with van der Waals surface area (Å²) in [5.41, 5.74) is 2.15. The van der Waals surface area contributed by atoms with Crippen molar-refractivity contribution in [1.29, 1.82) is 0 Å².